The van der Waals surface area contributed by atoms with Crippen molar-refractivity contribution in [1.29, 1.82) is 0 Å². The third-order valence-corrected chi connectivity index (χ3v) is 5.40. The summed E-state index contributed by atoms with van der Waals surface area (Å²) < 4.78 is 0. The molecule has 2 aliphatic rings. The van der Waals surface area contributed by atoms with E-state index in [1.54, 1.807) is 0 Å². The highest BCUT2D eigenvalue weighted by Crippen LogP contribution is 2.28. The van der Waals surface area contributed by atoms with Crippen LogP contribution in [0.4, 0.5) is 0 Å². The first kappa shape index (κ1) is 15.9. The maximum atomic E-state index is 12.9. The molecule has 0 aromatic heterocycles. The molecule has 3 rings (SSSR count). The average molecular weight is 334 g/mol. The Hall–Kier alpha value is -2.02. The van der Waals surface area contributed by atoms with Crippen molar-refractivity contribution in [2.45, 2.75) is 32.0 Å². The lowest BCUT2D eigenvalue weighted by Crippen LogP contribution is -2.55. The molecule has 2 amide bonds. The monoisotopic (exact) mass is 334 g/mol. The summed E-state index contributed by atoms with van der Waals surface area (Å²) in [5.41, 5.74) is 1.94. The lowest BCUT2D eigenvalue weighted by molar-refractivity contribution is -0.154. The fourth-order valence-electron chi connectivity index (χ4n) is 3.12. The van der Waals surface area contributed by atoms with Gasteiger partial charge in [0, 0.05) is 25.6 Å². The molecule has 122 valence electrons. The van der Waals surface area contributed by atoms with Gasteiger partial charge in [-0.05, 0) is 11.1 Å². The molecule has 1 fully saturated rings. The van der Waals surface area contributed by atoms with Crippen molar-refractivity contribution in [1.82, 2.24) is 9.80 Å². The zero-order valence-electron chi connectivity index (χ0n) is 12.8. The van der Waals surface area contributed by atoms with Crippen molar-refractivity contribution in [3.63, 3.8) is 0 Å². The first-order valence-corrected chi connectivity index (χ1v) is 8.59. The molecular formula is C16H18N2O4S. The maximum Gasteiger partial charge on any atom is 0.326 e. The molecule has 0 unspecified atom stereocenters. The van der Waals surface area contributed by atoms with Gasteiger partial charge in [0.25, 0.3) is 0 Å². The summed E-state index contributed by atoms with van der Waals surface area (Å²) >= 11 is 1.52. The van der Waals surface area contributed by atoms with Crippen LogP contribution < -0.4 is 0 Å². The Labute approximate surface area is 138 Å². The Bertz CT molecular complexity index is 663. The smallest absolute Gasteiger partial charge is 0.326 e. The number of carbonyl (C=O) groups excluding carboxylic acids is 2. The van der Waals surface area contributed by atoms with Gasteiger partial charge in [0.15, 0.2) is 0 Å². The van der Waals surface area contributed by atoms with Crippen LogP contribution in [-0.2, 0) is 27.3 Å². The maximum absolute atomic E-state index is 12.9. The number of fused-ring (bicyclic) bond motifs is 1. The van der Waals surface area contributed by atoms with E-state index in [2.05, 4.69) is 0 Å². The molecule has 7 heteroatoms. The van der Waals surface area contributed by atoms with E-state index in [-0.39, 0.29) is 18.4 Å². The van der Waals surface area contributed by atoms with E-state index in [9.17, 15) is 19.5 Å². The van der Waals surface area contributed by atoms with Gasteiger partial charge in [0.05, 0.1) is 5.88 Å². The summed E-state index contributed by atoms with van der Waals surface area (Å²) in [5, 5.41) is 9.52. The number of amides is 2. The molecule has 6 nitrogen and oxygen atoms in total. The third kappa shape index (κ3) is 2.93. The zero-order chi connectivity index (χ0) is 16.6. The molecule has 0 saturated carbocycles. The Morgan fingerprint density at radius 2 is 1.83 bits per heavy atom. The molecule has 2 aliphatic heterocycles. The van der Waals surface area contributed by atoms with Crippen molar-refractivity contribution < 1.29 is 19.5 Å². The molecule has 0 bridgehead atoms. The standard InChI is InChI=1S/C16H18N2O4S/c1-10(19)18-9-23-8-14(18)15(20)17-7-12-5-3-2-4-11(12)6-13(17)16(21)22/h2-5,13-14H,6-9H2,1H3,(H,21,22)/t13-,14-/m0/s1. The van der Waals surface area contributed by atoms with Crippen molar-refractivity contribution in [3.8, 4) is 0 Å². The fraction of sp³-hybridized carbons (Fsp3) is 0.438. The van der Waals surface area contributed by atoms with Gasteiger partial charge in [-0.2, -0.15) is 0 Å². The van der Waals surface area contributed by atoms with Crippen LogP contribution in [0.1, 0.15) is 18.1 Å². The summed E-state index contributed by atoms with van der Waals surface area (Å²) in [5.74, 6) is -0.436. The zero-order valence-corrected chi connectivity index (χ0v) is 13.6. The minimum absolute atomic E-state index is 0.155. The summed E-state index contributed by atoms with van der Waals surface area (Å²) in [7, 11) is 0. The second-order valence-corrected chi connectivity index (χ2v) is 6.80. The molecule has 1 aromatic carbocycles. The molecular weight excluding hydrogens is 316 g/mol. The largest absolute Gasteiger partial charge is 0.480 e. The predicted molar refractivity (Wildman–Crippen MR) is 85.8 cm³/mol. The van der Waals surface area contributed by atoms with Crippen LogP contribution in [0, 0.1) is 0 Å². The lowest BCUT2D eigenvalue weighted by atomic mass is 9.93. The summed E-state index contributed by atoms with van der Waals surface area (Å²) in [6.07, 6.45) is 0.303. The number of hydrogen-bond acceptors (Lipinski definition) is 4. The Morgan fingerprint density at radius 3 is 2.48 bits per heavy atom. The second-order valence-electron chi connectivity index (χ2n) is 5.80. The van der Waals surface area contributed by atoms with Crippen LogP contribution in [0.25, 0.3) is 0 Å². The summed E-state index contributed by atoms with van der Waals surface area (Å²) in [6.45, 7) is 1.71. The Kier molecular flexibility index (Phi) is 4.30. The van der Waals surface area contributed by atoms with Gasteiger partial charge in [-0.3, -0.25) is 9.59 Å². The summed E-state index contributed by atoms with van der Waals surface area (Å²) in [6, 6.07) is 6.14. The van der Waals surface area contributed by atoms with E-state index in [1.807, 2.05) is 24.3 Å². The van der Waals surface area contributed by atoms with E-state index in [0.717, 1.165) is 11.1 Å². The van der Waals surface area contributed by atoms with Gasteiger partial charge < -0.3 is 14.9 Å². The summed E-state index contributed by atoms with van der Waals surface area (Å²) in [4.78, 5) is 39.1. The number of hydrogen-bond donors (Lipinski definition) is 1. The van der Waals surface area contributed by atoms with Crippen molar-refractivity contribution in [2.24, 2.45) is 0 Å². The SMILES string of the molecule is CC(=O)N1CSC[C@H]1C(=O)N1Cc2ccccc2C[C@H]1C(=O)O. The topological polar surface area (TPSA) is 77.9 Å². The van der Waals surface area contributed by atoms with Gasteiger partial charge in [-0.25, -0.2) is 4.79 Å². The Morgan fingerprint density at radius 1 is 1.13 bits per heavy atom. The quantitative estimate of drug-likeness (QED) is 0.871. The van der Waals surface area contributed by atoms with Crippen LogP contribution in [-0.4, -0.2) is 56.4 Å². The van der Waals surface area contributed by atoms with Crippen LogP contribution >= 0.6 is 11.8 Å². The molecule has 1 aromatic rings. The van der Waals surface area contributed by atoms with Gasteiger partial charge in [0.2, 0.25) is 11.8 Å². The van der Waals surface area contributed by atoms with Gasteiger partial charge >= 0.3 is 5.97 Å². The van der Waals surface area contributed by atoms with Gasteiger partial charge in [0.1, 0.15) is 12.1 Å². The molecule has 1 saturated heterocycles. The highest BCUT2D eigenvalue weighted by Gasteiger charge is 2.41. The molecule has 2 atom stereocenters. The first-order chi connectivity index (χ1) is 11.0. The number of benzene rings is 1. The predicted octanol–water partition coefficient (Wildman–Crippen LogP) is 0.946. The van der Waals surface area contributed by atoms with E-state index < -0.39 is 18.1 Å². The van der Waals surface area contributed by atoms with E-state index in [0.29, 0.717) is 18.1 Å². The third-order valence-electron chi connectivity index (χ3n) is 4.39. The molecule has 0 aliphatic carbocycles. The minimum atomic E-state index is -1.01. The number of carboxylic acids is 1. The molecule has 0 spiro atoms. The molecule has 2 heterocycles. The first-order valence-electron chi connectivity index (χ1n) is 7.44. The van der Waals surface area contributed by atoms with Gasteiger partial charge in [-0.15, -0.1) is 11.8 Å². The van der Waals surface area contributed by atoms with Crippen LogP contribution in [0.5, 0.6) is 0 Å². The average Bonchev–Trinajstić information content (AvgIpc) is 3.02. The number of aliphatic carboxylic acids is 1. The van der Waals surface area contributed by atoms with E-state index in [1.165, 1.54) is 28.5 Å². The number of carboxylic acid groups (broad SMARTS) is 1. The van der Waals surface area contributed by atoms with E-state index in [4.69, 9.17) is 0 Å². The van der Waals surface area contributed by atoms with Crippen molar-refractivity contribution >= 4 is 29.5 Å². The number of rotatable bonds is 2. The van der Waals surface area contributed by atoms with Crippen LogP contribution in [0.15, 0.2) is 24.3 Å². The van der Waals surface area contributed by atoms with Crippen molar-refractivity contribution in [3.05, 3.63) is 35.4 Å². The minimum Gasteiger partial charge on any atom is -0.480 e. The highest BCUT2D eigenvalue weighted by molar-refractivity contribution is 7.99. The number of carbonyl (C=O) groups is 3. The molecule has 0 radical (unpaired) electrons. The lowest BCUT2D eigenvalue weighted by Gasteiger charge is -2.37. The van der Waals surface area contributed by atoms with Crippen LogP contribution in [0.3, 0.4) is 0 Å². The van der Waals surface area contributed by atoms with Gasteiger partial charge in [-0.1, -0.05) is 24.3 Å². The fourth-order valence-corrected chi connectivity index (χ4v) is 4.33. The number of nitrogens with zero attached hydrogens (tertiary/aromatic N) is 2. The highest BCUT2D eigenvalue weighted by atomic mass is 32.2. The molecule has 23 heavy (non-hydrogen) atoms. The normalized spacial score (nSPS) is 23.5. The number of thioether (sulfide) groups is 1. The van der Waals surface area contributed by atoms with E-state index >= 15 is 0 Å². The van der Waals surface area contributed by atoms with Crippen LogP contribution in [0.2, 0.25) is 0 Å². The molecule has 1 N–H and O–H groups in total. The van der Waals surface area contributed by atoms with Crippen molar-refractivity contribution in [2.75, 3.05) is 11.6 Å². The Balaban J connectivity index is 1.89. The second kappa shape index (κ2) is 6.23.